The summed E-state index contributed by atoms with van der Waals surface area (Å²) in [5, 5.41) is 12.7. The van der Waals surface area contributed by atoms with Gasteiger partial charge in [0, 0.05) is 24.8 Å². The number of rotatable bonds is 9. The zero-order chi connectivity index (χ0) is 15.7. The summed E-state index contributed by atoms with van der Waals surface area (Å²) in [6.07, 6.45) is 0.238. The van der Waals surface area contributed by atoms with Crippen molar-refractivity contribution >= 4 is 11.6 Å². The first-order valence-corrected chi connectivity index (χ1v) is 7.13. The Balaban J connectivity index is 2.26. The molecule has 0 aliphatic rings. The van der Waals surface area contributed by atoms with E-state index in [9.17, 15) is 9.90 Å². The highest BCUT2D eigenvalue weighted by Gasteiger charge is 2.12. The molecule has 1 atom stereocenters. The fraction of sp³-hybridized carbons (Fsp3) is 0.533. The molecule has 1 aromatic rings. The largest absolute Gasteiger partial charge is 0.491 e. The van der Waals surface area contributed by atoms with E-state index in [1.165, 1.54) is 0 Å². The Morgan fingerprint density at radius 1 is 1.52 bits per heavy atom. The number of nitrogens with zero attached hydrogens (tertiary/aromatic N) is 1. The van der Waals surface area contributed by atoms with Gasteiger partial charge in [0.05, 0.1) is 6.54 Å². The molecule has 4 N–H and O–H groups in total. The van der Waals surface area contributed by atoms with Crippen LogP contribution in [0.25, 0.3) is 0 Å². The van der Waals surface area contributed by atoms with Crippen LogP contribution in [-0.2, 0) is 4.79 Å². The van der Waals surface area contributed by atoms with Crippen LogP contribution in [0.15, 0.2) is 24.3 Å². The molecule has 0 spiro atoms. The van der Waals surface area contributed by atoms with E-state index in [2.05, 4.69) is 5.32 Å². The number of nitrogen functional groups attached to an aromatic ring is 1. The lowest BCUT2D eigenvalue weighted by atomic mass is 10.3. The van der Waals surface area contributed by atoms with Gasteiger partial charge in [-0.05, 0) is 25.6 Å². The minimum atomic E-state index is -0.671. The number of benzene rings is 1. The zero-order valence-corrected chi connectivity index (χ0v) is 12.7. The minimum Gasteiger partial charge on any atom is -0.491 e. The predicted octanol–water partition coefficient (Wildman–Crippen LogP) is 0.467. The highest BCUT2D eigenvalue weighted by Crippen LogP contribution is 2.14. The van der Waals surface area contributed by atoms with E-state index in [1.807, 2.05) is 6.92 Å². The number of amides is 1. The molecule has 1 amide bonds. The molecule has 0 heterocycles. The van der Waals surface area contributed by atoms with E-state index in [1.54, 1.807) is 36.2 Å². The highest BCUT2D eigenvalue weighted by atomic mass is 16.5. The third kappa shape index (κ3) is 7.53. The van der Waals surface area contributed by atoms with Crippen LogP contribution in [0.5, 0.6) is 5.75 Å². The summed E-state index contributed by atoms with van der Waals surface area (Å²) < 4.78 is 5.46. The minimum absolute atomic E-state index is 0.0386. The maximum Gasteiger partial charge on any atom is 0.234 e. The summed E-state index contributed by atoms with van der Waals surface area (Å²) in [5.74, 6) is 0.584. The van der Waals surface area contributed by atoms with Gasteiger partial charge in [-0.25, -0.2) is 0 Å². The van der Waals surface area contributed by atoms with Gasteiger partial charge in [-0.1, -0.05) is 13.0 Å². The van der Waals surface area contributed by atoms with Crippen LogP contribution in [0.4, 0.5) is 5.69 Å². The number of ether oxygens (including phenoxy) is 1. The summed E-state index contributed by atoms with van der Waals surface area (Å²) in [6.45, 7) is 3.46. The summed E-state index contributed by atoms with van der Waals surface area (Å²) in [7, 11) is 1.79. The molecule has 21 heavy (non-hydrogen) atoms. The Labute approximate surface area is 125 Å². The maximum atomic E-state index is 11.5. The monoisotopic (exact) mass is 295 g/mol. The third-order valence-corrected chi connectivity index (χ3v) is 2.81. The van der Waals surface area contributed by atoms with Gasteiger partial charge < -0.3 is 20.9 Å². The van der Waals surface area contributed by atoms with E-state index in [4.69, 9.17) is 10.5 Å². The molecule has 6 nitrogen and oxygen atoms in total. The first-order chi connectivity index (χ1) is 10.0. The molecule has 1 unspecified atom stereocenters. The average molecular weight is 295 g/mol. The van der Waals surface area contributed by atoms with Gasteiger partial charge in [0.15, 0.2) is 0 Å². The van der Waals surface area contributed by atoms with Crippen LogP contribution >= 0.6 is 0 Å². The lowest BCUT2D eigenvalue weighted by Gasteiger charge is -2.20. The normalized spacial score (nSPS) is 12.2. The van der Waals surface area contributed by atoms with Crippen LogP contribution in [0.1, 0.15) is 13.3 Å². The quantitative estimate of drug-likeness (QED) is 0.576. The third-order valence-electron chi connectivity index (χ3n) is 2.81. The molecule has 0 aliphatic carbocycles. The first kappa shape index (κ1) is 17.3. The number of nitrogens with one attached hydrogen (secondary N) is 1. The van der Waals surface area contributed by atoms with Gasteiger partial charge in [0.2, 0.25) is 5.91 Å². The molecule has 0 bridgehead atoms. The van der Waals surface area contributed by atoms with E-state index in [0.29, 0.717) is 24.5 Å². The Hall–Kier alpha value is -1.79. The summed E-state index contributed by atoms with van der Waals surface area (Å²) in [4.78, 5) is 13.3. The van der Waals surface area contributed by atoms with Gasteiger partial charge in [-0.2, -0.15) is 0 Å². The molecular formula is C15H25N3O3. The lowest BCUT2D eigenvalue weighted by molar-refractivity contribution is -0.122. The second kappa shape index (κ2) is 9.20. The number of hydrogen-bond donors (Lipinski definition) is 3. The van der Waals surface area contributed by atoms with Crippen LogP contribution in [0.3, 0.4) is 0 Å². The van der Waals surface area contributed by atoms with Crippen molar-refractivity contribution in [2.75, 3.05) is 39.0 Å². The van der Waals surface area contributed by atoms with Gasteiger partial charge >= 0.3 is 0 Å². The number of carbonyl (C=O) groups is 1. The molecule has 0 fully saturated rings. The van der Waals surface area contributed by atoms with E-state index < -0.39 is 6.10 Å². The van der Waals surface area contributed by atoms with Crippen LogP contribution in [0, 0.1) is 0 Å². The number of aliphatic hydroxyl groups excluding tert-OH is 1. The van der Waals surface area contributed by atoms with Crippen molar-refractivity contribution in [1.29, 1.82) is 0 Å². The average Bonchev–Trinajstić information content (AvgIpc) is 2.43. The Morgan fingerprint density at radius 2 is 2.29 bits per heavy atom. The Kier molecular flexibility index (Phi) is 7.56. The number of carbonyl (C=O) groups excluding carboxylic acids is 1. The van der Waals surface area contributed by atoms with E-state index >= 15 is 0 Å². The van der Waals surface area contributed by atoms with Crippen molar-refractivity contribution in [2.24, 2.45) is 0 Å². The molecule has 0 aromatic heterocycles. The van der Waals surface area contributed by atoms with Gasteiger partial charge in [0.25, 0.3) is 0 Å². The number of hydrogen-bond acceptors (Lipinski definition) is 5. The standard InChI is InChI=1S/C15H25N3O3/c1-3-7-17-15(20)10-18(2)9-13(19)11-21-14-6-4-5-12(16)8-14/h4-6,8,13,19H,3,7,9-11,16H2,1-2H3,(H,17,20). The molecule has 6 heteroatoms. The van der Waals surface area contributed by atoms with Gasteiger partial charge in [-0.3, -0.25) is 9.69 Å². The molecule has 1 aromatic carbocycles. The summed E-state index contributed by atoms with van der Waals surface area (Å²) in [5.41, 5.74) is 6.26. The van der Waals surface area contributed by atoms with Crippen molar-refractivity contribution < 1.29 is 14.6 Å². The topological polar surface area (TPSA) is 87.8 Å². The molecule has 0 radical (unpaired) electrons. The van der Waals surface area contributed by atoms with Crippen LogP contribution < -0.4 is 15.8 Å². The van der Waals surface area contributed by atoms with Gasteiger partial charge in [0.1, 0.15) is 18.5 Å². The molecule has 118 valence electrons. The second-order valence-corrected chi connectivity index (χ2v) is 5.08. The van der Waals surface area contributed by atoms with Crippen LogP contribution in [-0.4, -0.2) is 55.3 Å². The van der Waals surface area contributed by atoms with E-state index in [-0.39, 0.29) is 19.1 Å². The molecular weight excluding hydrogens is 270 g/mol. The highest BCUT2D eigenvalue weighted by molar-refractivity contribution is 5.77. The fourth-order valence-electron chi connectivity index (χ4n) is 1.84. The van der Waals surface area contributed by atoms with Crippen molar-refractivity contribution in [3.63, 3.8) is 0 Å². The molecule has 0 aliphatic heterocycles. The Morgan fingerprint density at radius 3 is 2.95 bits per heavy atom. The number of aliphatic hydroxyl groups is 1. The van der Waals surface area contributed by atoms with Crippen molar-refractivity contribution in [3.8, 4) is 5.75 Å². The number of nitrogens with two attached hydrogens (primary N) is 1. The summed E-state index contributed by atoms with van der Waals surface area (Å²) >= 11 is 0. The number of anilines is 1. The Bertz CT molecular complexity index is 440. The zero-order valence-electron chi connectivity index (χ0n) is 12.7. The summed E-state index contributed by atoms with van der Waals surface area (Å²) in [6, 6.07) is 7.05. The molecule has 1 rings (SSSR count). The van der Waals surface area contributed by atoms with Crippen LogP contribution in [0.2, 0.25) is 0 Å². The molecule has 0 saturated heterocycles. The fourth-order valence-corrected chi connectivity index (χ4v) is 1.84. The second-order valence-electron chi connectivity index (χ2n) is 5.08. The maximum absolute atomic E-state index is 11.5. The van der Waals surface area contributed by atoms with Crippen molar-refractivity contribution in [1.82, 2.24) is 10.2 Å². The smallest absolute Gasteiger partial charge is 0.234 e. The molecule has 0 saturated carbocycles. The number of likely N-dealkylation sites (N-methyl/N-ethyl adjacent to an activating group) is 1. The first-order valence-electron chi connectivity index (χ1n) is 7.13. The lowest BCUT2D eigenvalue weighted by Crippen LogP contribution is -2.40. The van der Waals surface area contributed by atoms with Crippen molar-refractivity contribution in [2.45, 2.75) is 19.4 Å². The van der Waals surface area contributed by atoms with Gasteiger partial charge in [-0.15, -0.1) is 0 Å². The van der Waals surface area contributed by atoms with E-state index in [0.717, 1.165) is 6.42 Å². The SMILES string of the molecule is CCCNC(=O)CN(C)CC(O)COc1cccc(N)c1. The predicted molar refractivity (Wildman–Crippen MR) is 83.2 cm³/mol. The van der Waals surface area contributed by atoms with Crippen molar-refractivity contribution in [3.05, 3.63) is 24.3 Å².